The van der Waals surface area contributed by atoms with Gasteiger partial charge in [0.15, 0.2) is 0 Å². The Morgan fingerprint density at radius 2 is 1.11 bits per heavy atom. The fraction of sp³-hybridized carbons (Fsp3) is 0.481. The summed E-state index contributed by atoms with van der Waals surface area (Å²) < 4.78 is 0. The molecule has 0 nitrogen and oxygen atoms in total. The standard InChI is InChI=1S/C16H18.C9H22Si.C2H2/c1-2-3-7-14-10-12-16(13-11-14)15-8-5-4-6-9-15;1-7(2)10(8(3)4)9(5)6;1-2/h4-6,8-13H,2-3,7H2,1H3;7-10H,1-6H3;1-2H. The third-order valence-corrected chi connectivity index (χ3v) is 9.81. The molecule has 0 spiro atoms. The predicted molar refractivity (Wildman–Crippen MR) is 133 cm³/mol. The van der Waals surface area contributed by atoms with Crippen molar-refractivity contribution in [3.05, 3.63) is 60.2 Å². The molecule has 0 saturated carbocycles. The Morgan fingerprint density at radius 3 is 1.46 bits per heavy atom. The topological polar surface area (TPSA) is 0 Å². The van der Waals surface area contributed by atoms with Gasteiger partial charge in [0, 0.05) is 8.80 Å². The van der Waals surface area contributed by atoms with E-state index in [1.54, 1.807) is 0 Å². The zero-order valence-electron chi connectivity index (χ0n) is 19.3. The quantitative estimate of drug-likeness (QED) is 0.327. The molecule has 0 bridgehead atoms. The number of rotatable bonds is 7. The molecule has 0 amide bonds. The normalized spacial score (nSPS) is 10.5. The molecule has 2 aromatic rings. The van der Waals surface area contributed by atoms with E-state index in [0.29, 0.717) is 0 Å². The fourth-order valence-corrected chi connectivity index (χ4v) is 8.80. The predicted octanol–water partition coefficient (Wildman–Crippen LogP) is 8.39. The number of hydrogen-bond donors (Lipinski definition) is 0. The molecule has 0 fully saturated rings. The van der Waals surface area contributed by atoms with Crippen LogP contribution in [0.5, 0.6) is 0 Å². The van der Waals surface area contributed by atoms with Crippen LogP contribution < -0.4 is 0 Å². The van der Waals surface area contributed by atoms with Gasteiger partial charge in [-0.2, -0.15) is 0 Å². The van der Waals surface area contributed by atoms with Crippen molar-refractivity contribution in [1.29, 1.82) is 0 Å². The van der Waals surface area contributed by atoms with Crippen LogP contribution in [0, 0.1) is 12.8 Å². The lowest BCUT2D eigenvalue weighted by Crippen LogP contribution is -2.24. The lowest BCUT2D eigenvalue weighted by Gasteiger charge is -2.26. The van der Waals surface area contributed by atoms with E-state index in [1.165, 1.54) is 36.0 Å². The highest BCUT2D eigenvalue weighted by Crippen LogP contribution is 2.29. The second-order valence-corrected chi connectivity index (χ2v) is 13.6. The van der Waals surface area contributed by atoms with E-state index in [9.17, 15) is 0 Å². The first-order valence-electron chi connectivity index (χ1n) is 10.8. The van der Waals surface area contributed by atoms with Crippen LogP contribution in [-0.2, 0) is 6.42 Å². The molecule has 0 aromatic heterocycles. The highest BCUT2D eigenvalue weighted by molar-refractivity contribution is 6.63. The number of aryl methyl sites for hydroxylation is 1. The molecule has 0 atom stereocenters. The molecular weight excluding hydrogens is 352 g/mol. The van der Waals surface area contributed by atoms with Crippen LogP contribution in [0.3, 0.4) is 0 Å². The van der Waals surface area contributed by atoms with Crippen molar-refractivity contribution in [3.8, 4) is 24.0 Å². The van der Waals surface area contributed by atoms with Gasteiger partial charge in [0.05, 0.1) is 0 Å². The van der Waals surface area contributed by atoms with Crippen molar-refractivity contribution >= 4 is 8.80 Å². The zero-order valence-corrected chi connectivity index (χ0v) is 20.4. The Balaban J connectivity index is 0.000000528. The third-order valence-electron chi connectivity index (χ3n) is 5.19. The van der Waals surface area contributed by atoms with Crippen molar-refractivity contribution in [2.24, 2.45) is 0 Å². The average molecular weight is 395 g/mol. The van der Waals surface area contributed by atoms with Crippen molar-refractivity contribution in [1.82, 2.24) is 0 Å². The van der Waals surface area contributed by atoms with E-state index in [2.05, 4.69) is 116 Å². The number of terminal acetylenes is 1. The minimum absolute atomic E-state index is 0.454. The Morgan fingerprint density at radius 1 is 0.679 bits per heavy atom. The van der Waals surface area contributed by atoms with E-state index in [1.807, 2.05) is 0 Å². The van der Waals surface area contributed by atoms with Gasteiger partial charge in [-0.15, -0.1) is 12.8 Å². The van der Waals surface area contributed by atoms with Crippen molar-refractivity contribution in [3.63, 3.8) is 0 Å². The minimum Gasteiger partial charge on any atom is -0.124 e. The van der Waals surface area contributed by atoms with Crippen LogP contribution in [0.1, 0.15) is 66.9 Å². The van der Waals surface area contributed by atoms with Gasteiger partial charge in [-0.25, -0.2) is 0 Å². The summed E-state index contributed by atoms with van der Waals surface area (Å²) in [7, 11) is -0.454. The summed E-state index contributed by atoms with van der Waals surface area (Å²) in [6.45, 7) is 16.5. The maximum absolute atomic E-state index is 4.00. The Kier molecular flexibility index (Phi) is 14.2. The molecule has 0 aliphatic rings. The first-order chi connectivity index (χ1) is 13.4. The molecule has 1 heteroatoms. The smallest absolute Gasteiger partial charge is 0.0445 e. The Bertz CT molecular complexity index is 601. The molecule has 0 aliphatic heterocycles. The van der Waals surface area contributed by atoms with Crippen LogP contribution in [0.4, 0.5) is 0 Å². The summed E-state index contributed by atoms with van der Waals surface area (Å²) in [5.74, 6) is 0. The van der Waals surface area contributed by atoms with Crippen LogP contribution in [0.25, 0.3) is 11.1 Å². The molecule has 2 rings (SSSR count). The SMILES string of the molecule is C#C.CC(C)[SiH](C(C)C)C(C)C.CCCCc1ccc(-c2ccccc2)cc1. The summed E-state index contributed by atoms with van der Waals surface area (Å²) >= 11 is 0. The molecule has 0 radical (unpaired) electrons. The molecule has 154 valence electrons. The first-order valence-corrected chi connectivity index (χ1v) is 12.8. The molecule has 2 aromatic carbocycles. The molecule has 0 unspecified atom stereocenters. The van der Waals surface area contributed by atoms with Gasteiger partial charge < -0.3 is 0 Å². The van der Waals surface area contributed by atoms with E-state index >= 15 is 0 Å². The lowest BCUT2D eigenvalue weighted by molar-refractivity contribution is 0.795. The third kappa shape index (κ3) is 9.95. The molecule has 0 saturated heterocycles. The van der Waals surface area contributed by atoms with Gasteiger partial charge in [0.2, 0.25) is 0 Å². The largest absolute Gasteiger partial charge is 0.124 e. The molecular formula is C27H42Si. The van der Waals surface area contributed by atoms with Gasteiger partial charge in [-0.1, -0.05) is 126 Å². The fourth-order valence-electron chi connectivity index (χ4n) is 4.18. The summed E-state index contributed by atoms with van der Waals surface area (Å²) in [5.41, 5.74) is 6.96. The maximum atomic E-state index is 4.00. The van der Waals surface area contributed by atoms with Crippen molar-refractivity contribution in [2.45, 2.75) is 84.4 Å². The summed E-state index contributed by atoms with van der Waals surface area (Å²) in [5, 5.41) is 0. The Labute approximate surface area is 177 Å². The summed E-state index contributed by atoms with van der Waals surface area (Å²) in [6.07, 6.45) is 11.7. The van der Waals surface area contributed by atoms with E-state index < -0.39 is 8.80 Å². The first kappa shape index (κ1) is 26.2. The molecule has 0 aliphatic carbocycles. The lowest BCUT2D eigenvalue weighted by atomic mass is 10.0. The van der Waals surface area contributed by atoms with E-state index in [4.69, 9.17) is 0 Å². The Hall–Kier alpha value is -1.78. The zero-order chi connectivity index (χ0) is 21.5. The van der Waals surface area contributed by atoms with Crippen LogP contribution >= 0.6 is 0 Å². The summed E-state index contributed by atoms with van der Waals surface area (Å²) in [4.78, 5) is 0. The number of unbranched alkanes of at least 4 members (excludes halogenated alkanes) is 1. The number of hydrogen-bond acceptors (Lipinski definition) is 0. The number of benzene rings is 2. The summed E-state index contributed by atoms with van der Waals surface area (Å²) in [6, 6.07) is 19.5. The van der Waals surface area contributed by atoms with Gasteiger partial charge in [-0.05, 0) is 29.5 Å². The monoisotopic (exact) mass is 394 g/mol. The van der Waals surface area contributed by atoms with Gasteiger partial charge >= 0.3 is 0 Å². The van der Waals surface area contributed by atoms with E-state index in [-0.39, 0.29) is 0 Å². The molecule has 0 N–H and O–H groups in total. The highest BCUT2D eigenvalue weighted by Gasteiger charge is 2.22. The molecule has 0 heterocycles. The van der Waals surface area contributed by atoms with Crippen LogP contribution in [0.2, 0.25) is 16.6 Å². The van der Waals surface area contributed by atoms with Gasteiger partial charge in [0.25, 0.3) is 0 Å². The van der Waals surface area contributed by atoms with Crippen LogP contribution in [-0.4, -0.2) is 8.80 Å². The second kappa shape index (κ2) is 15.2. The molecule has 28 heavy (non-hydrogen) atoms. The van der Waals surface area contributed by atoms with Gasteiger partial charge in [-0.3, -0.25) is 0 Å². The van der Waals surface area contributed by atoms with Crippen molar-refractivity contribution < 1.29 is 0 Å². The second-order valence-electron chi connectivity index (χ2n) is 8.48. The average Bonchev–Trinajstić information content (AvgIpc) is 2.68. The highest BCUT2D eigenvalue weighted by atomic mass is 28.3. The van der Waals surface area contributed by atoms with Gasteiger partial charge in [0.1, 0.15) is 0 Å². The van der Waals surface area contributed by atoms with E-state index in [0.717, 1.165) is 16.6 Å². The van der Waals surface area contributed by atoms with Crippen LogP contribution in [0.15, 0.2) is 54.6 Å². The van der Waals surface area contributed by atoms with Crippen molar-refractivity contribution in [2.75, 3.05) is 0 Å². The maximum Gasteiger partial charge on any atom is 0.0445 e. The minimum atomic E-state index is -0.454.